The molecule has 0 spiro atoms. The van der Waals surface area contributed by atoms with Crippen LogP contribution in [-0.2, 0) is 14.8 Å². The van der Waals surface area contributed by atoms with Gasteiger partial charge in [0.1, 0.15) is 10.7 Å². The number of H-pyrrole nitrogens is 1. The van der Waals surface area contributed by atoms with Crippen molar-refractivity contribution in [3.63, 3.8) is 0 Å². The van der Waals surface area contributed by atoms with Gasteiger partial charge in [-0.3, -0.25) is 14.6 Å². The lowest BCUT2D eigenvalue weighted by molar-refractivity contribution is -0.118. The normalized spacial score (nSPS) is 15.3. The third kappa shape index (κ3) is 3.58. The fraction of sp³-hybridized carbons (Fsp3) is 0.400. The van der Waals surface area contributed by atoms with E-state index in [0.717, 1.165) is 12.2 Å². The fourth-order valence-corrected chi connectivity index (χ4v) is 4.25. The Kier molecular flexibility index (Phi) is 4.62. The lowest BCUT2D eigenvalue weighted by atomic mass is 10.3. The van der Waals surface area contributed by atoms with E-state index in [1.165, 1.54) is 6.20 Å². The predicted octanol–water partition coefficient (Wildman–Crippen LogP) is 0.501. The molecule has 3 rings (SSSR count). The van der Waals surface area contributed by atoms with Crippen LogP contribution in [0.2, 0.25) is 0 Å². The maximum absolute atomic E-state index is 12.5. The number of hydrogen-bond donors (Lipinski definition) is 2. The van der Waals surface area contributed by atoms with Crippen LogP contribution in [0.25, 0.3) is 0 Å². The van der Waals surface area contributed by atoms with E-state index in [-0.39, 0.29) is 4.90 Å². The predicted molar refractivity (Wildman–Crippen MR) is 93.0 cm³/mol. The van der Waals surface area contributed by atoms with Gasteiger partial charge in [0.15, 0.2) is 0 Å². The van der Waals surface area contributed by atoms with Crippen molar-refractivity contribution in [3.05, 3.63) is 29.7 Å². The second kappa shape index (κ2) is 6.71. The Morgan fingerprint density at radius 3 is 2.44 bits per heavy atom. The van der Waals surface area contributed by atoms with Gasteiger partial charge in [-0.15, -0.1) is 0 Å². The molecule has 25 heavy (non-hydrogen) atoms. The van der Waals surface area contributed by atoms with Gasteiger partial charge in [0, 0.05) is 26.2 Å². The van der Waals surface area contributed by atoms with Gasteiger partial charge in [-0.1, -0.05) is 0 Å². The van der Waals surface area contributed by atoms with Gasteiger partial charge in [-0.05, 0) is 26.0 Å². The minimum absolute atomic E-state index is 0.154. The zero-order valence-electron chi connectivity index (χ0n) is 14.1. The van der Waals surface area contributed by atoms with Crippen molar-refractivity contribution in [1.29, 1.82) is 0 Å². The summed E-state index contributed by atoms with van der Waals surface area (Å²) < 4.78 is 27.5. The van der Waals surface area contributed by atoms with Gasteiger partial charge in [-0.25, -0.2) is 13.4 Å². The van der Waals surface area contributed by atoms with Crippen molar-refractivity contribution >= 4 is 27.9 Å². The third-order valence-electron chi connectivity index (χ3n) is 4.12. The molecule has 0 atom stereocenters. The summed E-state index contributed by atoms with van der Waals surface area (Å²) in [6.45, 7) is 6.00. The van der Waals surface area contributed by atoms with E-state index in [4.69, 9.17) is 0 Å². The van der Waals surface area contributed by atoms with Crippen LogP contribution >= 0.6 is 0 Å². The van der Waals surface area contributed by atoms with E-state index < -0.39 is 10.0 Å². The molecule has 2 N–H and O–H groups in total. The summed E-state index contributed by atoms with van der Waals surface area (Å²) in [5, 5.41) is 6.59. The van der Waals surface area contributed by atoms with Crippen LogP contribution in [0.1, 0.15) is 11.4 Å². The van der Waals surface area contributed by atoms with E-state index in [1.807, 2.05) is 0 Å². The van der Waals surface area contributed by atoms with Crippen molar-refractivity contribution in [3.8, 4) is 0 Å². The maximum Gasteiger partial charge on any atom is 0.265 e. The number of aryl methyl sites for hydroxylation is 2. The van der Waals surface area contributed by atoms with E-state index in [0.29, 0.717) is 43.3 Å². The molecule has 3 heterocycles. The van der Waals surface area contributed by atoms with Crippen molar-refractivity contribution in [2.24, 2.45) is 0 Å². The molecular formula is C15H20N6O3S. The van der Waals surface area contributed by atoms with Crippen LogP contribution in [0.15, 0.2) is 23.2 Å². The number of nitrogens with one attached hydrogen (secondary N) is 2. The topological polar surface area (TPSA) is 111 Å². The number of hydrogen-bond acceptors (Lipinski definition) is 6. The number of aromatic amines is 1. The standard InChI is InChI=1S/C15H20N6O3S/c1-11-15(12(2)18-17-11)25(23,24)19-13-3-4-14(16-9-13)21-7-5-20(10-22)6-8-21/h3-4,9-10,19H,5-8H2,1-2H3,(H,17,18). The smallest absolute Gasteiger partial charge is 0.265 e. The molecule has 1 aliphatic rings. The van der Waals surface area contributed by atoms with Crippen LogP contribution in [0.4, 0.5) is 11.5 Å². The largest absolute Gasteiger partial charge is 0.353 e. The minimum atomic E-state index is -3.72. The Hall–Kier alpha value is -2.62. The first-order valence-electron chi connectivity index (χ1n) is 7.85. The highest BCUT2D eigenvalue weighted by Gasteiger charge is 2.23. The number of sulfonamides is 1. The quantitative estimate of drug-likeness (QED) is 0.748. The highest BCUT2D eigenvalue weighted by molar-refractivity contribution is 7.92. The summed E-state index contributed by atoms with van der Waals surface area (Å²) in [6.07, 6.45) is 2.34. The molecule has 9 nitrogen and oxygen atoms in total. The molecule has 1 saturated heterocycles. The van der Waals surface area contributed by atoms with Crippen LogP contribution in [-0.4, -0.2) is 61.1 Å². The molecule has 2 aromatic heterocycles. The van der Waals surface area contributed by atoms with Gasteiger partial charge in [-0.2, -0.15) is 5.10 Å². The van der Waals surface area contributed by atoms with Gasteiger partial charge in [0.05, 0.1) is 23.3 Å². The van der Waals surface area contributed by atoms with Gasteiger partial charge >= 0.3 is 0 Å². The number of anilines is 2. The van der Waals surface area contributed by atoms with Crippen molar-refractivity contribution in [2.75, 3.05) is 35.8 Å². The van der Waals surface area contributed by atoms with Crippen LogP contribution in [0.5, 0.6) is 0 Å². The van der Waals surface area contributed by atoms with E-state index >= 15 is 0 Å². The molecular weight excluding hydrogens is 344 g/mol. The first-order valence-corrected chi connectivity index (χ1v) is 9.34. The monoisotopic (exact) mass is 364 g/mol. The maximum atomic E-state index is 12.5. The Morgan fingerprint density at radius 1 is 1.20 bits per heavy atom. The number of rotatable bonds is 5. The van der Waals surface area contributed by atoms with Crippen LogP contribution < -0.4 is 9.62 Å². The van der Waals surface area contributed by atoms with Gasteiger partial charge < -0.3 is 9.80 Å². The second-order valence-corrected chi connectivity index (χ2v) is 7.52. The van der Waals surface area contributed by atoms with Crippen molar-refractivity contribution < 1.29 is 13.2 Å². The molecule has 134 valence electrons. The summed E-state index contributed by atoms with van der Waals surface area (Å²) in [5.74, 6) is 0.754. The Bertz CT molecular complexity index is 834. The molecule has 1 amide bonds. The second-order valence-electron chi connectivity index (χ2n) is 5.90. The van der Waals surface area contributed by atoms with E-state index in [1.54, 1.807) is 30.9 Å². The number of piperazine rings is 1. The lowest BCUT2D eigenvalue weighted by Crippen LogP contribution is -2.46. The minimum Gasteiger partial charge on any atom is -0.353 e. The lowest BCUT2D eigenvalue weighted by Gasteiger charge is -2.33. The molecule has 1 aliphatic heterocycles. The molecule has 0 unspecified atom stereocenters. The highest BCUT2D eigenvalue weighted by atomic mass is 32.2. The number of carbonyl (C=O) groups excluding carboxylic acids is 1. The van der Waals surface area contributed by atoms with E-state index in [2.05, 4.69) is 24.8 Å². The molecule has 0 aromatic carbocycles. The average molecular weight is 364 g/mol. The highest BCUT2D eigenvalue weighted by Crippen LogP contribution is 2.22. The first kappa shape index (κ1) is 17.2. The Balaban J connectivity index is 1.72. The number of amides is 1. The number of aromatic nitrogens is 3. The zero-order valence-corrected chi connectivity index (χ0v) is 14.9. The van der Waals surface area contributed by atoms with E-state index in [9.17, 15) is 13.2 Å². The Morgan fingerprint density at radius 2 is 1.92 bits per heavy atom. The Labute approximate surface area is 146 Å². The summed E-state index contributed by atoms with van der Waals surface area (Å²) in [4.78, 5) is 19.0. The summed E-state index contributed by atoms with van der Waals surface area (Å²) in [7, 11) is -3.72. The molecule has 0 saturated carbocycles. The molecule has 2 aromatic rings. The average Bonchev–Trinajstić information content (AvgIpc) is 2.95. The molecule has 0 bridgehead atoms. The molecule has 0 aliphatic carbocycles. The van der Waals surface area contributed by atoms with Crippen molar-refractivity contribution in [2.45, 2.75) is 18.7 Å². The number of nitrogens with zero attached hydrogens (tertiary/aromatic N) is 4. The fourth-order valence-electron chi connectivity index (χ4n) is 2.83. The molecule has 10 heteroatoms. The van der Waals surface area contributed by atoms with Gasteiger partial charge in [0.25, 0.3) is 10.0 Å². The summed E-state index contributed by atoms with van der Waals surface area (Å²) in [5.41, 5.74) is 1.29. The summed E-state index contributed by atoms with van der Waals surface area (Å²) in [6, 6.07) is 3.44. The first-order chi connectivity index (χ1) is 11.9. The van der Waals surface area contributed by atoms with Crippen LogP contribution in [0, 0.1) is 13.8 Å². The van der Waals surface area contributed by atoms with Gasteiger partial charge in [0.2, 0.25) is 6.41 Å². The number of pyridine rings is 1. The third-order valence-corrected chi connectivity index (χ3v) is 5.76. The summed E-state index contributed by atoms with van der Waals surface area (Å²) >= 11 is 0. The molecule has 1 fully saturated rings. The SMILES string of the molecule is Cc1n[nH]c(C)c1S(=O)(=O)Nc1ccc(N2CCN(C=O)CC2)nc1. The van der Waals surface area contributed by atoms with Crippen molar-refractivity contribution in [1.82, 2.24) is 20.1 Å². The van der Waals surface area contributed by atoms with Crippen LogP contribution in [0.3, 0.4) is 0 Å². The number of carbonyl (C=O) groups is 1. The molecule has 0 radical (unpaired) electrons. The zero-order chi connectivity index (χ0) is 18.0.